The Kier molecular flexibility index (Phi) is 41.4. The SMILES string of the molecule is C[C@H](NC(=O)[C@@H](N)Cc1ccc(O)cc1)C(=O)NCC(=O)N[C@H]1CSSC[C@@H](C(=O)O)NC(=O)C(CO)NC(=O)[C@H]([C@@H](C)O)NC(=O)C(Cc2ccccc2)NC(=O)[C@H]([C@@H](C)O)NC(=O)C(CCCCN)NC(=O)C(Cc2c[nH]c3ccccc23)NC(=O)[C@H](Cc2ccccc2)NC(=O)C(Cc2ccccc2)NC(=O)[C@H](CC(N)=O)NC(=O)C(CCCCN)NC1=O. The van der Waals surface area contributed by atoms with Crippen LogP contribution in [-0.2, 0) is 109 Å². The molecule has 28 N–H and O–H groups in total. The van der Waals surface area contributed by atoms with Crippen molar-refractivity contribution in [2.45, 2.75) is 195 Å². The molecule has 0 spiro atoms. The molecule has 127 heavy (non-hydrogen) atoms. The molecule has 7 rings (SSSR count). The van der Waals surface area contributed by atoms with Crippen molar-refractivity contribution in [3.63, 3.8) is 0 Å². The second-order valence-electron chi connectivity index (χ2n) is 30.5. The number of hydrogen-bond donors (Lipinski definition) is 24. The number of carbonyl (C=O) groups is 16. The number of aliphatic hydroxyl groups is 3. The molecule has 16 atom stereocenters. The Morgan fingerprint density at radius 3 is 1.35 bits per heavy atom. The molecule has 40 nitrogen and oxygen atoms in total. The molecule has 1 aliphatic heterocycles. The number of carboxylic acids is 1. The highest BCUT2D eigenvalue weighted by Gasteiger charge is 2.40. The van der Waals surface area contributed by atoms with Gasteiger partial charge in [0, 0.05) is 54.3 Å². The maximum absolute atomic E-state index is 15.5. The van der Waals surface area contributed by atoms with Crippen molar-refractivity contribution in [2.75, 3.05) is 37.7 Å². The van der Waals surface area contributed by atoms with Crippen LogP contribution in [0.1, 0.15) is 93.5 Å². The van der Waals surface area contributed by atoms with Gasteiger partial charge in [0.05, 0.1) is 37.8 Å². The van der Waals surface area contributed by atoms with Crippen LogP contribution in [0.4, 0.5) is 0 Å². The molecule has 42 heteroatoms. The lowest BCUT2D eigenvalue weighted by Gasteiger charge is -2.29. The fraction of sp³-hybridized carbons (Fsp3) is 0.435. The standard InChI is InChI=1S/C85H113N19O21S2/c1-46(92-73(112)56(88)35-52-29-31-54(108)32-30-52)72(111)91-42-69(110)93-66-44-126-127-45-67(85(124)125)102-81(120)65(43-105)101-84(123)71(48(3)107)104-80(119)62(38-51-23-11-6-12-24-51)100-83(122)70(47(2)106)103-75(114)59(28-16-18-34-87)94-78(117)63(39-53-41-90-57-26-14-13-25-55(53)57)98-77(116)61(37-50-21-9-5-10-22-50)96-76(115)60(36-49-19-7-4-8-20-49)97-79(118)64(40-68(89)109)99-74(113)58(95-82(66)121)27-15-17-33-86/h4-14,19-26,29-32,41,46-48,56,58-67,70-71,90,105-108H,15-18,27-28,33-40,42-45,86-88H2,1-3H3,(H2,89,109)(H,91,111)(H,92,112)(H,93,110)(H,94,117)(H,95,121)(H,96,115)(H,97,118)(H,98,116)(H,99,113)(H,100,122)(H,101,123)(H,102,120)(H,103,114)(H,104,119)(H,124,125)/t46-,47+,48+,56-,58?,59?,60?,61-,62?,63?,64-,65?,66-,67-,70-,71-/m0/s1. The van der Waals surface area contributed by atoms with Crippen LogP contribution in [0.15, 0.2) is 146 Å². The Hall–Kier alpha value is -12.6. The summed E-state index contributed by atoms with van der Waals surface area (Å²) in [5.74, 6) is -19.2. The van der Waals surface area contributed by atoms with Crippen LogP contribution in [0.3, 0.4) is 0 Å². The molecule has 0 saturated carbocycles. The number of primary amides is 1. The number of aliphatic carboxylic acids is 1. The normalized spacial score (nSPS) is 22.8. The first-order chi connectivity index (χ1) is 60.6. The number of unbranched alkanes of at least 4 members (excludes halogenated alkanes) is 2. The minimum Gasteiger partial charge on any atom is -0.508 e. The highest BCUT2D eigenvalue weighted by Crippen LogP contribution is 2.25. The molecule has 6 unspecified atom stereocenters. The van der Waals surface area contributed by atoms with Crippen LogP contribution in [0.5, 0.6) is 5.75 Å². The van der Waals surface area contributed by atoms with Crippen LogP contribution >= 0.6 is 21.6 Å². The number of rotatable bonds is 30. The van der Waals surface area contributed by atoms with Crippen LogP contribution in [0.25, 0.3) is 10.9 Å². The number of H-pyrrole nitrogens is 1. The Labute approximate surface area is 739 Å². The zero-order chi connectivity index (χ0) is 92.8. The third-order valence-corrected chi connectivity index (χ3v) is 22.8. The van der Waals surface area contributed by atoms with E-state index in [1.54, 1.807) is 134 Å². The van der Waals surface area contributed by atoms with Gasteiger partial charge < -0.3 is 128 Å². The molecule has 6 aromatic rings. The maximum Gasteiger partial charge on any atom is 0.327 e. The van der Waals surface area contributed by atoms with Crippen LogP contribution in [-0.4, -0.2) is 260 Å². The van der Waals surface area contributed by atoms with Crippen LogP contribution in [0.2, 0.25) is 0 Å². The first kappa shape index (κ1) is 102. The van der Waals surface area contributed by atoms with Gasteiger partial charge in [0.2, 0.25) is 88.6 Å². The zero-order valence-corrected chi connectivity index (χ0v) is 71.8. The number of para-hydroxylation sites is 1. The van der Waals surface area contributed by atoms with Gasteiger partial charge in [-0.1, -0.05) is 143 Å². The van der Waals surface area contributed by atoms with Gasteiger partial charge in [0.25, 0.3) is 0 Å². The van der Waals surface area contributed by atoms with Gasteiger partial charge in [-0.3, -0.25) is 71.9 Å². The topological polar surface area (TPSA) is 663 Å². The zero-order valence-electron chi connectivity index (χ0n) is 70.2. The first-order valence-electron chi connectivity index (χ1n) is 41.2. The maximum atomic E-state index is 15.5. The molecule has 0 radical (unpaired) electrons. The highest BCUT2D eigenvalue weighted by molar-refractivity contribution is 8.76. The van der Waals surface area contributed by atoms with Crippen molar-refractivity contribution in [3.8, 4) is 5.75 Å². The Morgan fingerprint density at radius 2 is 0.874 bits per heavy atom. The number of nitrogens with one attached hydrogen (secondary N) is 15. The summed E-state index contributed by atoms with van der Waals surface area (Å²) in [6, 6.07) is 13.4. The number of carboxylic acid groups (broad SMARTS) is 1. The van der Waals surface area contributed by atoms with E-state index in [0.29, 0.717) is 55.9 Å². The molecule has 1 saturated heterocycles. The van der Waals surface area contributed by atoms with Gasteiger partial charge in [-0.25, -0.2) is 4.79 Å². The first-order valence-corrected chi connectivity index (χ1v) is 43.7. The summed E-state index contributed by atoms with van der Waals surface area (Å²) in [6.45, 7) is 1.59. The van der Waals surface area contributed by atoms with Gasteiger partial charge in [-0.15, -0.1) is 0 Å². The number of aromatic nitrogens is 1. The number of carbonyl (C=O) groups excluding carboxylic acids is 15. The number of benzene rings is 5. The van der Waals surface area contributed by atoms with Crippen molar-refractivity contribution in [2.24, 2.45) is 22.9 Å². The summed E-state index contributed by atoms with van der Waals surface area (Å²) in [6.07, 6.45) is -3.80. The second-order valence-corrected chi connectivity index (χ2v) is 33.1. The predicted octanol–water partition coefficient (Wildman–Crippen LogP) is -4.48. The Balaban J connectivity index is 1.29. The number of phenols is 1. The van der Waals surface area contributed by atoms with Gasteiger partial charge >= 0.3 is 5.97 Å². The summed E-state index contributed by atoms with van der Waals surface area (Å²) in [4.78, 5) is 233. The van der Waals surface area contributed by atoms with Crippen LogP contribution in [0, 0.1) is 0 Å². The molecular weight excluding hydrogens is 1690 g/mol. The minimum absolute atomic E-state index is 0.00424. The lowest BCUT2D eigenvalue weighted by molar-refractivity contribution is -0.142. The number of nitrogens with two attached hydrogens (primary N) is 4. The summed E-state index contributed by atoms with van der Waals surface area (Å²) in [7, 11) is 1.41. The predicted molar refractivity (Wildman–Crippen MR) is 469 cm³/mol. The largest absolute Gasteiger partial charge is 0.508 e. The Morgan fingerprint density at radius 1 is 0.465 bits per heavy atom. The van der Waals surface area contributed by atoms with Gasteiger partial charge in [-0.2, -0.15) is 0 Å². The molecule has 686 valence electrons. The third-order valence-electron chi connectivity index (χ3n) is 20.3. The quantitative estimate of drug-likeness (QED) is 0.0149. The summed E-state index contributed by atoms with van der Waals surface area (Å²) in [5, 5.41) is 88.6. The second kappa shape index (κ2) is 51.8. The number of hydrogen-bond acceptors (Lipinski definition) is 25. The number of aliphatic hydroxyl groups excluding tert-OH is 3. The van der Waals surface area contributed by atoms with E-state index in [4.69, 9.17) is 22.9 Å². The van der Waals surface area contributed by atoms with E-state index in [9.17, 15) is 87.9 Å². The fourth-order valence-electron chi connectivity index (χ4n) is 13.3. The van der Waals surface area contributed by atoms with Crippen molar-refractivity contribution in [1.82, 2.24) is 79.4 Å². The molecule has 15 amide bonds. The third kappa shape index (κ3) is 33.4. The molecular formula is C85H113N19O21S2. The highest BCUT2D eigenvalue weighted by atomic mass is 33.1. The number of aromatic hydroxyl groups is 1. The minimum atomic E-state index is -2.01. The van der Waals surface area contributed by atoms with Crippen molar-refractivity contribution in [1.29, 1.82) is 0 Å². The van der Waals surface area contributed by atoms with E-state index in [-0.39, 0.29) is 83.0 Å². The van der Waals surface area contributed by atoms with E-state index < -0.39 is 222 Å². The molecule has 0 bridgehead atoms. The fourth-order valence-corrected chi connectivity index (χ4v) is 15.6. The molecule has 1 aromatic heterocycles. The summed E-state index contributed by atoms with van der Waals surface area (Å²) >= 11 is 0. The van der Waals surface area contributed by atoms with E-state index in [0.717, 1.165) is 24.6 Å². The number of aromatic amines is 1. The molecule has 0 aliphatic carbocycles. The number of fused-ring (bicyclic) bond motifs is 1. The van der Waals surface area contributed by atoms with Crippen molar-refractivity contribution < 1.29 is 102 Å². The van der Waals surface area contributed by atoms with Crippen molar-refractivity contribution >= 4 is 127 Å². The molecule has 2 heterocycles. The van der Waals surface area contributed by atoms with E-state index in [1.807, 2.05) is 0 Å². The van der Waals surface area contributed by atoms with Crippen LogP contribution < -0.4 is 97.4 Å². The smallest absolute Gasteiger partial charge is 0.327 e. The lowest BCUT2D eigenvalue weighted by Crippen LogP contribution is -2.63. The van der Waals surface area contributed by atoms with Gasteiger partial charge in [0.1, 0.15) is 84.3 Å². The molecule has 1 fully saturated rings. The lowest BCUT2D eigenvalue weighted by atomic mass is 10.00. The molecule has 5 aromatic carbocycles. The molecule has 1 aliphatic rings. The van der Waals surface area contributed by atoms with E-state index >= 15 is 14.4 Å². The van der Waals surface area contributed by atoms with Gasteiger partial charge in [-0.05, 0) is 125 Å². The number of phenolic OH excluding ortho intramolecular Hbond substituents is 1. The van der Waals surface area contributed by atoms with Crippen molar-refractivity contribution in [3.05, 3.63) is 174 Å². The van der Waals surface area contributed by atoms with Gasteiger partial charge in [0.15, 0.2) is 0 Å². The monoisotopic (exact) mass is 1800 g/mol. The summed E-state index contributed by atoms with van der Waals surface area (Å²) < 4.78 is 0. The van der Waals surface area contributed by atoms with E-state index in [1.165, 1.54) is 19.1 Å². The van der Waals surface area contributed by atoms with E-state index in [2.05, 4.69) is 79.4 Å². The number of amides is 15. The summed E-state index contributed by atoms with van der Waals surface area (Å²) in [5.41, 5.74) is 26.7. The Bertz CT molecular complexity index is 4730. The average Bonchev–Trinajstić information content (AvgIpc) is 1.65. The average molecular weight is 1800 g/mol.